The van der Waals surface area contributed by atoms with E-state index in [0.717, 1.165) is 16.3 Å². The second kappa shape index (κ2) is 6.64. The number of carbonyl (C=O) groups is 1. The molecule has 0 spiro atoms. The van der Waals surface area contributed by atoms with Crippen LogP contribution in [0.5, 0.6) is 0 Å². The van der Waals surface area contributed by atoms with Gasteiger partial charge in [0.2, 0.25) is 0 Å². The summed E-state index contributed by atoms with van der Waals surface area (Å²) in [6.45, 7) is 3.19. The zero-order valence-electron chi connectivity index (χ0n) is 11.9. The van der Waals surface area contributed by atoms with Gasteiger partial charge >= 0.3 is 0 Å². The summed E-state index contributed by atoms with van der Waals surface area (Å²) in [6, 6.07) is 9.59. The van der Waals surface area contributed by atoms with Gasteiger partial charge in [-0.25, -0.2) is 0 Å². The number of aromatic nitrogens is 2. The van der Waals surface area contributed by atoms with E-state index in [1.807, 2.05) is 23.1 Å². The fourth-order valence-electron chi connectivity index (χ4n) is 2.08. The number of hydrogen-bond acceptors (Lipinski definition) is 4. The van der Waals surface area contributed by atoms with Gasteiger partial charge < -0.3 is 5.32 Å². The van der Waals surface area contributed by atoms with Crippen LogP contribution in [0.2, 0.25) is 4.34 Å². The Morgan fingerprint density at radius 3 is 2.95 bits per heavy atom. The summed E-state index contributed by atoms with van der Waals surface area (Å²) in [7, 11) is 0. The Morgan fingerprint density at radius 1 is 1.41 bits per heavy atom. The normalized spacial score (nSPS) is 10.8. The SMILES string of the molecule is Cc1cc(-c2cccs2)nn1CCNC(=O)c1ccc(Cl)s1. The molecule has 3 aromatic heterocycles. The van der Waals surface area contributed by atoms with Crippen LogP contribution in [0.15, 0.2) is 35.7 Å². The summed E-state index contributed by atoms with van der Waals surface area (Å²) in [5.41, 5.74) is 2.06. The number of nitrogens with zero attached hydrogens (tertiary/aromatic N) is 2. The second-order valence-electron chi connectivity index (χ2n) is 4.73. The number of aryl methyl sites for hydroxylation is 1. The largest absolute Gasteiger partial charge is 0.349 e. The van der Waals surface area contributed by atoms with Crippen molar-refractivity contribution in [2.45, 2.75) is 13.5 Å². The lowest BCUT2D eigenvalue weighted by molar-refractivity contribution is 0.0956. The van der Waals surface area contributed by atoms with E-state index in [2.05, 4.69) is 22.5 Å². The van der Waals surface area contributed by atoms with Gasteiger partial charge in [-0.05, 0) is 36.6 Å². The molecule has 0 atom stereocenters. The smallest absolute Gasteiger partial charge is 0.261 e. The first-order chi connectivity index (χ1) is 10.6. The lowest BCUT2D eigenvalue weighted by Gasteiger charge is -2.05. The van der Waals surface area contributed by atoms with Crippen molar-refractivity contribution in [1.29, 1.82) is 0 Å². The van der Waals surface area contributed by atoms with Crippen LogP contribution in [-0.4, -0.2) is 22.2 Å². The molecule has 0 unspecified atom stereocenters. The molecule has 3 heterocycles. The molecule has 0 radical (unpaired) electrons. The number of nitrogens with one attached hydrogen (secondary N) is 1. The van der Waals surface area contributed by atoms with Crippen LogP contribution in [0.4, 0.5) is 0 Å². The van der Waals surface area contributed by atoms with Crippen LogP contribution in [0.25, 0.3) is 10.6 Å². The molecule has 1 amide bonds. The molecular weight excluding hydrogens is 338 g/mol. The molecule has 0 fully saturated rings. The van der Waals surface area contributed by atoms with Crippen molar-refractivity contribution in [3.8, 4) is 10.6 Å². The van der Waals surface area contributed by atoms with Gasteiger partial charge in [-0.1, -0.05) is 17.7 Å². The second-order valence-corrected chi connectivity index (χ2v) is 7.39. The molecule has 114 valence electrons. The maximum atomic E-state index is 11.9. The molecule has 0 bridgehead atoms. The van der Waals surface area contributed by atoms with Crippen LogP contribution in [0, 0.1) is 6.92 Å². The Bertz CT molecular complexity index is 777. The number of thiophene rings is 2. The van der Waals surface area contributed by atoms with Gasteiger partial charge in [-0.2, -0.15) is 5.10 Å². The molecule has 3 aromatic rings. The Morgan fingerprint density at radius 2 is 2.27 bits per heavy atom. The Balaban J connectivity index is 1.59. The molecule has 0 saturated heterocycles. The maximum Gasteiger partial charge on any atom is 0.261 e. The van der Waals surface area contributed by atoms with Crippen molar-refractivity contribution < 1.29 is 4.79 Å². The molecule has 1 N–H and O–H groups in total. The van der Waals surface area contributed by atoms with E-state index in [1.54, 1.807) is 23.5 Å². The molecule has 4 nitrogen and oxygen atoms in total. The van der Waals surface area contributed by atoms with Crippen LogP contribution >= 0.6 is 34.3 Å². The van der Waals surface area contributed by atoms with Crippen LogP contribution in [0.1, 0.15) is 15.4 Å². The number of halogens is 1. The number of rotatable bonds is 5. The lowest BCUT2D eigenvalue weighted by Crippen LogP contribution is -2.27. The fraction of sp³-hybridized carbons (Fsp3) is 0.200. The van der Waals surface area contributed by atoms with Gasteiger partial charge in [-0.15, -0.1) is 22.7 Å². The summed E-state index contributed by atoms with van der Waals surface area (Å²) < 4.78 is 2.53. The molecule has 0 aliphatic carbocycles. The molecule has 0 aromatic carbocycles. The number of hydrogen-bond donors (Lipinski definition) is 1. The van der Waals surface area contributed by atoms with E-state index >= 15 is 0 Å². The molecule has 22 heavy (non-hydrogen) atoms. The van der Waals surface area contributed by atoms with Crippen LogP contribution in [0.3, 0.4) is 0 Å². The minimum absolute atomic E-state index is 0.0970. The van der Waals surface area contributed by atoms with E-state index in [1.165, 1.54) is 11.3 Å². The highest BCUT2D eigenvalue weighted by molar-refractivity contribution is 7.18. The summed E-state index contributed by atoms with van der Waals surface area (Å²) >= 11 is 8.78. The van der Waals surface area contributed by atoms with Crippen molar-refractivity contribution in [3.63, 3.8) is 0 Å². The first kappa shape index (κ1) is 15.3. The van der Waals surface area contributed by atoms with Crippen LogP contribution < -0.4 is 5.32 Å². The summed E-state index contributed by atoms with van der Waals surface area (Å²) in [6.07, 6.45) is 0. The monoisotopic (exact) mass is 351 g/mol. The highest BCUT2D eigenvalue weighted by Crippen LogP contribution is 2.24. The average Bonchev–Trinajstić information content (AvgIpc) is 3.20. The Labute approximate surface area is 141 Å². The minimum atomic E-state index is -0.0970. The topological polar surface area (TPSA) is 46.9 Å². The highest BCUT2D eigenvalue weighted by Gasteiger charge is 2.10. The lowest BCUT2D eigenvalue weighted by atomic mass is 10.3. The van der Waals surface area contributed by atoms with Crippen molar-refractivity contribution >= 4 is 40.2 Å². The van der Waals surface area contributed by atoms with Gasteiger partial charge in [0.25, 0.3) is 5.91 Å². The van der Waals surface area contributed by atoms with Crippen molar-refractivity contribution in [2.24, 2.45) is 0 Å². The zero-order chi connectivity index (χ0) is 15.5. The molecule has 0 aliphatic rings. The third-order valence-corrected chi connectivity index (χ3v) is 5.28. The molecule has 7 heteroatoms. The molecule has 0 aliphatic heterocycles. The van der Waals surface area contributed by atoms with E-state index in [4.69, 9.17) is 11.6 Å². The molecular formula is C15H14ClN3OS2. The van der Waals surface area contributed by atoms with Gasteiger partial charge in [0.1, 0.15) is 5.69 Å². The third-order valence-electron chi connectivity index (χ3n) is 3.16. The van der Waals surface area contributed by atoms with Crippen molar-refractivity contribution in [1.82, 2.24) is 15.1 Å². The number of amides is 1. The van der Waals surface area contributed by atoms with Gasteiger partial charge in [-0.3, -0.25) is 9.48 Å². The molecule has 0 saturated carbocycles. The van der Waals surface area contributed by atoms with Crippen LogP contribution in [-0.2, 0) is 6.54 Å². The molecule has 3 rings (SSSR count). The predicted octanol–water partition coefficient (Wildman–Crippen LogP) is 4.06. The van der Waals surface area contributed by atoms with Gasteiger partial charge in [0.05, 0.1) is 20.6 Å². The van der Waals surface area contributed by atoms with Crippen molar-refractivity contribution in [3.05, 3.63) is 50.6 Å². The summed E-state index contributed by atoms with van der Waals surface area (Å²) in [5, 5.41) is 9.51. The Kier molecular flexibility index (Phi) is 4.61. The predicted molar refractivity (Wildman–Crippen MR) is 91.9 cm³/mol. The quantitative estimate of drug-likeness (QED) is 0.753. The Hall–Kier alpha value is -1.63. The first-order valence-electron chi connectivity index (χ1n) is 6.75. The van der Waals surface area contributed by atoms with Gasteiger partial charge in [0, 0.05) is 12.2 Å². The standard InChI is InChI=1S/C15H14ClN3OS2/c1-10-9-11(12-3-2-8-21-12)18-19(10)7-6-17-15(20)13-4-5-14(16)22-13/h2-5,8-9H,6-7H2,1H3,(H,17,20). The zero-order valence-corrected chi connectivity index (χ0v) is 14.3. The van der Waals surface area contributed by atoms with E-state index in [9.17, 15) is 4.79 Å². The van der Waals surface area contributed by atoms with E-state index in [0.29, 0.717) is 22.3 Å². The summed E-state index contributed by atoms with van der Waals surface area (Å²) in [4.78, 5) is 13.7. The fourth-order valence-corrected chi connectivity index (χ4v) is 3.72. The highest BCUT2D eigenvalue weighted by atomic mass is 35.5. The van der Waals surface area contributed by atoms with Crippen molar-refractivity contribution in [2.75, 3.05) is 6.54 Å². The van der Waals surface area contributed by atoms with E-state index in [-0.39, 0.29) is 5.91 Å². The third kappa shape index (κ3) is 3.40. The number of carbonyl (C=O) groups excluding carboxylic acids is 1. The maximum absolute atomic E-state index is 11.9. The average molecular weight is 352 g/mol. The van der Waals surface area contributed by atoms with E-state index < -0.39 is 0 Å². The summed E-state index contributed by atoms with van der Waals surface area (Å²) in [5.74, 6) is -0.0970. The van der Waals surface area contributed by atoms with Gasteiger partial charge in [0.15, 0.2) is 0 Å². The minimum Gasteiger partial charge on any atom is -0.349 e. The first-order valence-corrected chi connectivity index (χ1v) is 8.83.